The van der Waals surface area contributed by atoms with E-state index in [1.54, 1.807) is 6.07 Å². The molecule has 0 aliphatic rings. The molecule has 0 fully saturated rings. The van der Waals surface area contributed by atoms with Crippen molar-refractivity contribution in [3.8, 4) is 5.75 Å². The van der Waals surface area contributed by atoms with Crippen molar-refractivity contribution in [2.45, 2.75) is 32.6 Å². The normalized spacial score (nSPS) is 12.8. The van der Waals surface area contributed by atoms with Gasteiger partial charge in [-0.25, -0.2) is 8.42 Å². The van der Waals surface area contributed by atoms with Gasteiger partial charge in [-0.3, -0.25) is 0 Å². The molecule has 0 radical (unpaired) electrons. The first-order valence-electron chi connectivity index (χ1n) is 7.89. The van der Waals surface area contributed by atoms with Gasteiger partial charge >= 0.3 is 0 Å². The van der Waals surface area contributed by atoms with Crippen LogP contribution in [-0.4, -0.2) is 32.0 Å². The summed E-state index contributed by atoms with van der Waals surface area (Å²) in [5.74, 6) is 0.253. The number of aryl methyl sites for hydroxylation is 3. The molecule has 1 atom stereocenters. The van der Waals surface area contributed by atoms with E-state index >= 15 is 0 Å². The lowest BCUT2D eigenvalue weighted by molar-refractivity contribution is 0.125. The first kappa shape index (κ1) is 18.5. The molecule has 5 heteroatoms. The SMILES string of the molecule is Cc1cccc(CS(=O)(=O)CC(O)COc2cc(C)cc(C)c2)c1. The summed E-state index contributed by atoms with van der Waals surface area (Å²) >= 11 is 0. The monoisotopic (exact) mass is 348 g/mol. The minimum Gasteiger partial charge on any atom is -0.491 e. The Morgan fingerprint density at radius 2 is 1.67 bits per heavy atom. The predicted octanol–water partition coefficient (Wildman–Crippen LogP) is 2.97. The number of ether oxygens (including phenoxy) is 1. The summed E-state index contributed by atoms with van der Waals surface area (Å²) in [5.41, 5.74) is 3.87. The number of aliphatic hydroxyl groups is 1. The maximum Gasteiger partial charge on any atom is 0.157 e. The van der Waals surface area contributed by atoms with Gasteiger partial charge in [-0.1, -0.05) is 35.9 Å². The van der Waals surface area contributed by atoms with Gasteiger partial charge in [0.15, 0.2) is 9.84 Å². The molecular weight excluding hydrogens is 324 g/mol. The lowest BCUT2D eigenvalue weighted by atomic mass is 10.1. The largest absolute Gasteiger partial charge is 0.491 e. The van der Waals surface area contributed by atoms with Crippen LogP contribution in [0.25, 0.3) is 0 Å². The van der Waals surface area contributed by atoms with Crippen molar-refractivity contribution in [2.24, 2.45) is 0 Å². The van der Waals surface area contributed by atoms with Crippen molar-refractivity contribution in [1.29, 1.82) is 0 Å². The van der Waals surface area contributed by atoms with Gasteiger partial charge in [-0.2, -0.15) is 0 Å². The van der Waals surface area contributed by atoms with Crippen LogP contribution < -0.4 is 4.74 Å². The summed E-state index contributed by atoms with van der Waals surface area (Å²) in [6.45, 7) is 5.80. The molecule has 0 aromatic heterocycles. The summed E-state index contributed by atoms with van der Waals surface area (Å²) in [6.07, 6.45) is -1.05. The molecule has 0 spiro atoms. The number of aliphatic hydroxyl groups excluding tert-OH is 1. The molecular formula is C19H24O4S. The van der Waals surface area contributed by atoms with Crippen molar-refractivity contribution in [1.82, 2.24) is 0 Å². The Morgan fingerprint density at radius 1 is 1.00 bits per heavy atom. The number of rotatable bonds is 7. The molecule has 4 nitrogen and oxygen atoms in total. The van der Waals surface area contributed by atoms with Crippen LogP contribution >= 0.6 is 0 Å². The zero-order valence-electron chi connectivity index (χ0n) is 14.3. The average molecular weight is 348 g/mol. The summed E-state index contributed by atoms with van der Waals surface area (Å²) in [6, 6.07) is 13.1. The number of sulfone groups is 1. The van der Waals surface area contributed by atoms with Gasteiger partial charge in [0.1, 0.15) is 18.5 Å². The molecule has 2 aromatic carbocycles. The van der Waals surface area contributed by atoms with E-state index < -0.39 is 15.9 Å². The number of hydrogen-bond donors (Lipinski definition) is 1. The van der Waals surface area contributed by atoms with E-state index in [9.17, 15) is 13.5 Å². The molecule has 0 saturated heterocycles. The number of hydrogen-bond acceptors (Lipinski definition) is 4. The second-order valence-electron chi connectivity index (χ2n) is 6.33. The summed E-state index contributed by atoms with van der Waals surface area (Å²) in [5, 5.41) is 10.0. The van der Waals surface area contributed by atoms with E-state index in [0.29, 0.717) is 5.75 Å². The number of benzene rings is 2. The molecule has 0 aliphatic carbocycles. The summed E-state index contributed by atoms with van der Waals surface area (Å²) < 4.78 is 30.0. The van der Waals surface area contributed by atoms with E-state index in [-0.39, 0.29) is 18.1 Å². The lowest BCUT2D eigenvalue weighted by Crippen LogP contribution is -2.27. The maximum absolute atomic E-state index is 12.2. The fourth-order valence-corrected chi connectivity index (χ4v) is 4.15. The van der Waals surface area contributed by atoms with Crippen LogP contribution in [0.1, 0.15) is 22.3 Å². The molecule has 1 N–H and O–H groups in total. The van der Waals surface area contributed by atoms with Gasteiger partial charge in [0.05, 0.1) is 11.5 Å². The quantitative estimate of drug-likeness (QED) is 0.835. The molecule has 0 saturated carbocycles. The molecule has 1 unspecified atom stereocenters. The Hall–Kier alpha value is -1.85. The fraction of sp³-hybridized carbons (Fsp3) is 0.368. The van der Waals surface area contributed by atoms with Crippen molar-refractivity contribution < 1.29 is 18.3 Å². The first-order chi connectivity index (χ1) is 11.2. The van der Waals surface area contributed by atoms with Crippen LogP contribution in [0.4, 0.5) is 0 Å². The van der Waals surface area contributed by atoms with Crippen molar-refractivity contribution >= 4 is 9.84 Å². The second kappa shape index (κ2) is 7.81. The Balaban J connectivity index is 1.91. The van der Waals surface area contributed by atoms with E-state index in [1.165, 1.54) is 0 Å². The maximum atomic E-state index is 12.2. The van der Waals surface area contributed by atoms with Gasteiger partial charge in [-0.15, -0.1) is 0 Å². The Labute approximate surface area is 144 Å². The van der Waals surface area contributed by atoms with Crippen LogP contribution in [0.15, 0.2) is 42.5 Å². The fourth-order valence-electron chi connectivity index (χ4n) is 2.66. The van der Waals surface area contributed by atoms with Gasteiger partial charge in [0.2, 0.25) is 0 Å². The Kier molecular flexibility index (Phi) is 6.02. The van der Waals surface area contributed by atoms with Crippen LogP contribution in [0.2, 0.25) is 0 Å². The average Bonchev–Trinajstić information content (AvgIpc) is 2.43. The molecule has 0 bridgehead atoms. The molecule has 0 heterocycles. The topological polar surface area (TPSA) is 63.6 Å². The Morgan fingerprint density at radius 3 is 2.29 bits per heavy atom. The zero-order valence-corrected chi connectivity index (χ0v) is 15.1. The highest BCUT2D eigenvalue weighted by Gasteiger charge is 2.19. The minimum atomic E-state index is -3.40. The van der Waals surface area contributed by atoms with E-state index in [0.717, 1.165) is 22.3 Å². The molecule has 24 heavy (non-hydrogen) atoms. The molecule has 2 rings (SSSR count). The molecule has 0 aliphatic heterocycles. The predicted molar refractivity (Wildman–Crippen MR) is 96.1 cm³/mol. The van der Waals surface area contributed by atoms with Crippen molar-refractivity contribution in [3.05, 3.63) is 64.7 Å². The second-order valence-corrected chi connectivity index (χ2v) is 8.44. The third-order valence-corrected chi connectivity index (χ3v) is 5.22. The Bertz CT molecular complexity index is 777. The van der Waals surface area contributed by atoms with Gasteiger partial charge in [0, 0.05) is 0 Å². The van der Waals surface area contributed by atoms with Crippen LogP contribution in [-0.2, 0) is 15.6 Å². The molecule has 0 amide bonds. The standard InChI is InChI=1S/C19H24O4S/c1-14-5-4-6-17(8-14)12-24(21,22)13-18(20)11-23-19-9-15(2)7-16(3)10-19/h4-10,18,20H,11-13H2,1-3H3. The highest BCUT2D eigenvalue weighted by atomic mass is 32.2. The van der Waals surface area contributed by atoms with Gasteiger partial charge < -0.3 is 9.84 Å². The molecule has 130 valence electrons. The first-order valence-corrected chi connectivity index (χ1v) is 9.71. The van der Waals surface area contributed by atoms with Gasteiger partial charge in [0.25, 0.3) is 0 Å². The van der Waals surface area contributed by atoms with Crippen LogP contribution in [0, 0.1) is 20.8 Å². The third kappa shape index (κ3) is 5.98. The van der Waals surface area contributed by atoms with Gasteiger partial charge in [-0.05, 0) is 49.6 Å². The molecule has 2 aromatic rings. The highest BCUT2D eigenvalue weighted by molar-refractivity contribution is 7.90. The summed E-state index contributed by atoms with van der Waals surface area (Å²) in [4.78, 5) is 0. The minimum absolute atomic E-state index is 0.0457. The van der Waals surface area contributed by atoms with Crippen LogP contribution in [0.3, 0.4) is 0 Å². The van der Waals surface area contributed by atoms with Crippen molar-refractivity contribution in [2.75, 3.05) is 12.4 Å². The smallest absolute Gasteiger partial charge is 0.157 e. The third-order valence-electron chi connectivity index (χ3n) is 3.55. The van der Waals surface area contributed by atoms with Crippen molar-refractivity contribution in [3.63, 3.8) is 0 Å². The van der Waals surface area contributed by atoms with E-state index in [2.05, 4.69) is 0 Å². The zero-order chi connectivity index (χ0) is 17.7. The lowest BCUT2D eigenvalue weighted by Gasteiger charge is -2.14. The highest BCUT2D eigenvalue weighted by Crippen LogP contribution is 2.17. The van der Waals surface area contributed by atoms with E-state index in [1.807, 2.05) is 57.2 Å². The van der Waals surface area contributed by atoms with Crippen LogP contribution in [0.5, 0.6) is 5.75 Å². The van der Waals surface area contributed by atoms with E-state index in [4.69, 9.17) is 4.74 Å². The summed E-state index contributed by atoms with van der Waals surface area (Å²) in [7, 11) is -3.40.